The molecule has 1 aliphatic rings. The van der Waals surface area contributed by atoms with Crippen LogP contribution in [0.25, 0.3) is 0 Å². The lowest BCUT2D eigenvalue weighted by Gasteiger charge is -2.24. The summed E-state index contributed by atoms with van der Waals surface area (Å²) in [6.07, 6.45) is 5.40. The molecule has 0 aliphatic heterocycles. The third-order valence-corrected chi connectivity index (χ3v) is 3.77. The Labute approximate surface area is 98.3 Å². The van der Waals surface area contributed by atoms with Gasteiger partial charge in [0.05, 0.1) is 6.10 Å². The van der Waals surface area contributed by atoms with E-state index in [1.807, 2.05) is 0 Å². The Morgan fingerprint density at radius 3 is 3.00 bits per heavy atom. The standard InChI is InChI=1S/C14H23NO/c1-4-6-10(2)15-11(3)9-12-13(15)7-5-8-14(12)16/h9-10,14,16H,4-8H2,1-3H3. The average molecular weight is 221 g/mol. The van der Waals surface area contributed by atoms with Gasteiger partial charge in [0.1, 0.15) is 0 Å². The van der Waals surface area contributed by atoms with Crippen molar-refractivity contribution >= 4 is 0 Å². The van der Waals surface area contributed by atoms with Crippen LogP contribution in [-0.2, 0) is 6.42 Å². The van der Waals surface area contributed by atoms with Gasteiger partial charge in [0.15, 0.2) is 0 Å². The van der Waals surface area contributed by atoms with E-state index in [2.05, 4.69) is 31.4 Å². The van der Waals surface area contributed by atoms with Crippen LogP contribution in [0, 0.1) is 6.92 Å². The van der Waals surface area contributed by atoms with Gasteiger partial charge in [-0.3, -0.25) is 0 Å². The fraction of sp³-hybridized carbons (Fsp3) is 0.714. The Morgan fingerprint density at radius 1 is 1.56 bits per heavy atom. The van der Waals surface area contributed by atoms with Gasteiger partial charge >= 0.3 is 0 Å². The lowest BCUT2D eigenvalue weighted by molar-refractivity contribution is 0.155. The summed E-state index contributed by atoms with van der Waals surface area (Å²) in [6, 6.07) is 2.75. The van der Waals surface area contributed by atoms with Gasteiger partial charge < -0.3 is 9.67 Å². The first-order valence-electron chi connectivity index (χ1n) is 6.53. The molecule has 16 heavy (non-hydrogen) atoms. The first kappa shape index (κ1) is 11.7. The third kappa shape index (κ3) is 1.91. The van der Waals surface area contributed by atoms with Crippen LogP contribution in [0.3, 0.4) is 0 Å². The molecule has 2 heteroatoms. The van der Waals surface area contributed by atoms with Crippen LogP contribution in [0.15, 0.2) is 6.07 Å². The minimum atomic E-state index is -0.225. The molecular formula is C14H23NO. The normalized spacial score (nSPS) is 21.9. The number of fused-ring (bicyclic) bond motifs is 1. The first-order chi connectivity index (χ1) is 7.65. The molecule has 90 valence electrons. The number of aromatic nitrogens is 1. The molecule has 2 rings (SSSR count). The fourth-order valence-electron chi connectivity index (χ4n) is 3.06. The molecule has 1 aliphatic carbocycles. The Kier molecular flexibility index (Phi) is 3.38. The Balaban J connectivity index is 2.38. The van der Waals surface area contributed by atoms with Crippen molar-refractivity contribution in [3.05, 3.63) is 23.0 Å². The van der Waals surface area contributed by atoms with Gasteiger partial charge in [-0.15, -0.1) is 0 Å². The highest BCUT2D eigenvalue weighted by Crippen LogP contribution is 2.34. The Hall–Kier alpha value is -0.760. The van der Waals surface area contributed by atoms with Crippen molar-refractivity contribution in [1.29, 1.82) is 0 Å². The zero-order valence-corrected chi connectivity index (χ0v) is 10.7. The van der Waals surface area contributed by atoms with E-state index in [0.717, 1.165) is 19.3 Å². The lowest BCUT2D eigenvalue weighted by Crippen LogP contribution is -2.15. The van der Waals surface area contributed by atoms with Crippen molar-refractivity contribution in [2.75, 3.05) is 0 Å². The van der Waals surface area contributed by atoms with Crippen LogP contribution in [0.1, 0.15) is 68.6 Å². The van der Waals surface area contributed by atoms with Crippen molar-refractivity contribution in [2.24, 2.45) is 0 Å². The largest absolute Gasteiger partial charge is 0.388 e. The number of rotatable bonds is 3. The summed E-state index contributed by atoms with van der Waals surface area (Å²) < 4.78 is 2.45. The number of aliphatic hydroxyl groups is 1. The third-order valence-electron chi connectivity index (χ3n) is 3.77. The maximum absolute atomic E-state index is 10.00. The summed E-state index contributed by atoms with van der Waals surface area (Å²) in [5, 5.41) is 10.00. The van der Waals surface area contributed by atoms with Gasteiger partial charge in [-0.1, -0.05) is 13.3 Å². The monoisotopic (exact) mass is 221 g/mol. The molecule has 0 radical (unpaired) electrons. The predicted octanol–water partition coefficient (Wildman–Crippen LogP) is 3.53. The molecule has 0 aromatic carbocycles. The summed E-state index contributed by atoms with van der Waals surface area (Å²) in [7, 11) is 0. The Bertz CT molecular complexity index is 367. The molecule has 0 spiro atoms. The van der Waals surface area contributed by atoms with E-state index >= 15 is 0 Å². The topological polar surface area (TPSA) is 25.2 Å². The minimum absolute atomic E-state index is 0.225. The zero-order valence-electron chi connectivity index (χ0n) is 10.7. The van der Waals surface area contributed by atoms with Crippen LogP contribution in [0.5, 0.6) is 0 Å². The van der Waals surface area contributed by atoms with Crippen LogP contribution in [0.4, 0.5) is 0 Å². The maximum Gasteiger partial charge on any atom is 0.0807 e. The van der Waals surface area contributed by atoms with E-state index in [1.165, 1.54) is 29.8 Å². The fourth-order valence-corrected chi connectivity index (χ4v) is 3.06. The van der Waals surface area contributed by atoms with E-state index in [0.29, 0.717) is 6.04 Å². The number of hydrogen-bond donors (Lipinski definition) is 1. The highest BCUT2D eigenvalue weighted by atomic mass is 16.3. The molecule has 2 atom stereocenters. The number of hydrogen-bond acceptors (Lipinski definition) is 1. The first-order valence-corrected chi connectivity index (χ1v) is 6.53. The van der Waals surface area contributed by atoms with Gasteiger partial charge in [0.25, 0.3) is 0 Å². The second kappa shape index (κ2) is 4.62. The molecule has 0 saturated heterocycles. The summed E-state index contributed by atoms with van der Waals surface area (Å²) in [6.45, 7) is 6.69. The Morgan fingerprint density at radius 2 is 2.31 bits per heavy atom. The number of aryl methyl sites for hydroxylation is 1. The quantitative estimate of drug-likeness (QED) is 0.830. The summed E-state index contributed by atoms with van der Waals surface area (Å²) in [5.74, 6) is 0. The van der Waals surface area contributed by atoms with Crippen molar-refractivity contribution < 1.29 is 5.11 Å². The highest BCUT2D eigenvalue weighted by Gasteiger charge is 2.24. The van der Waals surface area contributed by atoms with Gasteiger partial charge in [0.2, 0.25) is 0 Å². The zero-order chi connectivity index (χ0) is 11.7. The van der Waals surface area contributed by atoms with Crippen LogP contribution < -0.4 is 0 Å². The number of nitrogens with zero attached hydrogens (tertiary/aromatic N) is 1. The van der Waals surface area contributed by atoms with Crippen LogP contribution >= 0.6 is 0 Å². The molecule has 0 amide bonds. The molecule has 0 bridgehead atoms. The summed E-state index contributed by atoms with van der Waals surface area (Å²) in [5.41, 5.74) is 3.89. The van der Waals surface area contributed by atoms with Crippen molar-refractivity contribution in [3.8, 4) is 0 Å². The smallest absolute Gasteiger partial charge is 0.0807 e. The van der Waals surface area contributed by atoms with Gasteiger partial charge in [0, 0.05) is 23.0 Å². The molecule has 2 unspecified atom stereocenters. The molecule has 0 saturated carbocycles. The van der Waals surface area contributed by atoms with Gasteiger partial charge in [-0.2, -0.15) is 0 Å². The van der Waals surface area contributed by atoms with Gasteiger partial charge in [-0.05, 0) is 45.6 Å². The molecule has 1 heterocycles. The molecule has 1 aromatic rings. The highest BCUT2D eigenvalue weighted by molar-refractivity contribution is 5.32. The molecule has 2 nitrogen and oxygen atoms in total. The predicted molar refractivity (Wildman–Crippen MR) is 66.7 cm³/mol. The summed E-state index contributed by atoms with van der Waals surface area (Å²) in [4.78, 5) is 0. The van der Waals surface area contributed by atoms with E-state index in [9.17, 15) is 5.11 Å². The minimum Gasteiger partial charge on any atom is -0.388 e. The van der Waals surface area contributed by atoms with Crippen molar-refractivity contribution in [1.82, 2.24) is 4.57 Å². The molecular weight excluding hydrogens is 198 g/mol. The second-order valence-corrected chi connectivity index (χ2v) is 5.10. The SMILES string of the molecule is CCCC(C)n1c(C)cc2c1CCCC2O. The van der Waals surface area contributed by atoms with E-state index in [4.69, 9.17) is 0 Å². The summed E-state index contributed by atoms with van der Waals surface area (Å²) >= 11 is 0. The lowest BCUT2D eigenvalue weighted by atomic mass is 9.95. The average Bonchev–Trinajstić information content (AvgIpc) is 2.56. The van der Waals surface area contributed by atoms with E-state index in [1.54, 1.807) is 0 Å². The molecule has 1 N–H and O–H groups in total. The second-order valence-electron chi connectivity index (χ2n) is 5.10. The van der Waals surface area contributed by atoms with E-state index in [-0.39, 0.29) is 6.10 Å². The van der Waals surface area contributed by atoms with Crippen LogP contribution in [-0.4, -0.2) is 9.67 Å². The van der Waals surface area contributed by atoms with Crippen molar-refractivity contribution in [2.45, 2.75) is 65.0 Å². The van der Waals surface area contributed by atoms with Gasteiger partial charge in [-0.25, -0.2) is 0 Å². The van der Waals surface area contributed by atoms with E-state index < -0.39 is 0 Å². The maximum atomic E-state index is 10.00. The molecule has 0 fully saturated rings. The van der Waals surface area contributed by atoms with Crippen LogP contribution in [0.2, 0.25) is 0 Å². The molecule has 1 aromatic heterocycles. The van der Waals surface area contributed by atoms with Crippen molar-refractivity contribution in [3.63, 3.8) is 0 Å². The number of aliphatic hydroxyl groups excluding tert-OH is 1.